The van der Waals surface area contributed by atoms with Crippen LogP contribution >= 0.6 is 11.8 Å². The van der Waals surface area contributed by atoms with Crippen molar-refractivity contribution in [3.63, 3.8) is 0 Å². The van der Waals surface area contributed by atoms with E-state index in [-0.39, 0.29) is 40.4 Å². The summed E-state index contributed by atoms with van der Waals surface area (Å²) in [6, 6.07) is 6.66. The Morgan fingerprint density at radius 1 is 1.30 bits per heavy atom. The van der Waals surface area contributed by atoms with Crippen molar-refractivity contribution in [2.45, 2.75) is 88.9 Å². The van der Waals surface area contributed by atoms with Gasteiger partial charge < -0.3 is 20.3 Å². The standard InChI is InChI=1S/C29H39N3O4S/c1-6-7-13-36-24-15-19-10-8-9-11-20(19)21(24)16-23(33)26-29(3,4)17-25-32(26)28(35)22(12-14-37-25)31-27(34)18(2)30-5/h8-11,18,21-22,24-26,30H,12-17H2,1-5H3,(H,31,34)/t18-,21-,22-,24+,25-,26+/m0/s1. The lowest BCUT2D eigenvalue weighted by Gasteiger charge is -2.35. The predicted octanol–water partition coefficient (Wildman–Crippen LogP) is 2.88. The number of rotatable bonds is 8. The minimum atomic E-state index is -0.624. The molecule has 37 heavy (non-hydrogen) atoms. The van der Waals surface area contributed by atoms with Crippen LogP contribution in [0, 0.1) is 17.3 Å². The van der Waals surface area contributed by atoms with Crippen LogP contribution in [0.5, 0.6) is 0 Å². The number of nitrogens with zero attached hydrogens (tertiary/aromatic N) is 1. The van der Waals surface area contributed by atoms with Gasteiger partial charge in [0.2, 0.25) is 11.8 Å². The zero-order valence-electron chi connectivity index (χ0n) is 22.5. The summed E-state index contributed by atoms with van der Waals surface area (Å²) in [6.45, 7) is 8.07. The molecule has 3 aliphatic rings. The molecule has 0 unspecified atom stereocenters. The maximum absolute atomic E-state index is 14.1. The number of thioether (sulfide) groups is 1. The third-order valence-corrected chi connectivity index (χ3v) is 9.29. The van der Waals surface area contributed by atoms with Gasteiger partial charge in [0.05, 0.1) is 23.6 Å². The molecular formula is C29H39N3O4S. The van der Waals surface area contributed by atoms with Crippen LogP contribution in [0.25, 0.3) is 0 Å². The zero-order valence-corrected chi connectivity index (χ0v) is 23.3. The second-order valence-corrected chi connectivity index (χ2v) is 12.3. The molecule has 2 saturated heterocycles. The minimum Gasteiger partial charge on any atom is -0.365 e. The van der Waals surface area contributed by atoms with Crippen molar-refractivity contribution in [3.05, 3.63) is 35.4 Å². The maximum atomic E-state index is 14.1. The number of Topliss-reactive ketones (excluding diaryl/α,β-unsaturated/α-hetero) is 1. The molecule has 0 aromatic heterocycles. The summed E-state index contributed by atoms with van der Waals surface area (Å²) >= 11 is 1.72. The maximum Gasteiger partial charge on any atom is 0.246 e. The number of benzene rings is 1. The number of carbonyl (C=O) groups is 3. The van der Waals surface area contributed by atoms with E-state index >= 15 is 0 Å². The minimum absolute atomic E-state index is 0.0638. The van der Waals surface area contributed by atoms with E-state index in [1.165, 1.54) is 5.56 Å². The van der Waals surface area contributed by atoms with Crippen molar-refractivity contribution >= 4 is 29.4 Å². The highest BCUT2D eigenvalue weighted by atomic mass is 32.2. The fourth-order valence-corrected chi connectivity index (χ4v) is 7.57. The second-order valence-electron chi connectivity index (χ2n) is 11.0. The predicted molar refractivity (Wildman–Crippen MR) is 146 cm³/mol. The summed E-state index contributed by atoms with van der Waals surface area (Å²) in [7, 11) is 1.72. The molecule has 1 aliphatic carbocycles. The van der Waals surface area contributed by atoms with Crippen LogP contribution in [0.2, 0.25) is 0 Å². The number of hydrogen-bond donors (Lipinski definition) is 2. The molecule has 2 N–H and O–H groups in total. The molecule has 2 amide bonds. The van der Waals surface area contributed by atoms with E-state index in [1.807, 2.05) is 12.1 Å². The molecule has 7 nitrogen and oxygen atoms in total. The number of carbonyl (C=O) groups excluding carboxylic acids is 3. The van der Waals surface area contributed by atoms with Crippen LogP contribution in [0.15, 0.2) is 24.3 Å². The Labute approximate surface area is 224 Å². The Hall–Kier alpha value is -2.34. The Morgan fingerprint density at radius 2 is 2.05 bits per heavy atom. The summed E-state index contributed by atoms with van der Waals surface area (Å²) in [6.07, 6.45) is 2.26. The van der Waals surface area contributed by atoms with Gasteiger partial charge in [-0.15, -0.1) is 17.7 Å². The quantitative estimate of drug-likeness (QED) is 0.508. The number of hydrogen-bond acceptors (Lipinski definition) is 6. The lowest BCUT2D eigenvalue weighted by atomic mass is 9.79. The van der Waals surface area contributed by atoms with Gasteiger partial charge in [0.1, 0.15) is 12.6 Å². The fourth-order valence-electron chi connectivity index (χ4n) is 6.00. The summed E-state index contributed by atoms with van der Waals surface area (Å²) in [5.74, 6) is 6.25. The molecule has 0 saturated carbocycles. The van der Waals surface area contributed by atoms with Gasteiger partial charge in [0.25, 0.3) is 0 Å². The zero-order chi connectivity index (χ0) is 26.7. The topological polar surface area (TPSA) is 87.7 Å². The van der Waals surface area contributed by atoms with Crippen LogP contribution in [-0.2, 0) is 25.5 Å². The van der Waals surface area contributed by atoms with Gasteiger partial charge in [-0.2, -0.15) is 0 Å². The normalized spacial score (nSPS) is 28.9. The largest absolute Gasteiger partial charge is 0.365 e. The lowest BCUT2D eigenvalue weighted by Crippen LogP contribution is -2.56. The smallest absolute Gasteiger partial charge is 0.246 e. The number of ether oxygens (including phenoxy) is 1. The number of nitrogens with one attached hydrogen (secondary N) is 2. The van der Waals surface area contributed by atoms with Gasteiger partial charge in [-0.05, 0) is 62.5 Å². The number of fused-ring (bicyclic) bond motifs is 2. The average molecular weight is 526 g/mol. The van der Waals surface area contributed by atoms with Gasteiger partial charge in [0.15, 0.2) is 5.78 Å². The summed E-state index contributed by atoms with van der Waals surface area (Å²) in [4.78, 5) is 42.3. The average Bonchev–Trinajstić information content (AvgIpc) is 3.30. The van der Waals surface area contributed by atoms with E-state index in [0.29, 0.717) is 19.4 Å². The van der Waals surface area contributed by atoms with Crippen molar-refractivity contribution in [1.82, 2.24) is 15.5 Å². The Bertz CT molecular complexity index is 1090. The van der Waals surface area contributed by atoms with Gasteiger partial charge >= 0.3 is 0 Å². The highest BCUT2D eigenvalue weighted by Crippen LogP contribution is 2.48. The molecule has 2 fully saturated rings. The van der Waals surface area contributed by atoms with Crippen molar-refractivity contribution in [2.75, 3.05) is 19.4 Å². The Balaban J connectivity index is 1.58. The van der Waals surface area contributed by atoms with Crippen molar-refractivity contribution in [2.24, 2.45) is 5.41 Å². The molecule has 0 bridgehead atoms. The van der Waals surface area contributed by atoms with Crippen LogP contribution in [0.3, 0.4) is 0 Å². The summed E-state index contributed by atoms with van der Waals surface area (Å²) < 4.78 is 6.13. The third-order valence-electron chi connectivity index (χ3n) is 8.04. The first-order chi connectivity index (χ1) is 17.7. The molecule has 2 aliphatic heterocycles. The lowest BCUT2D eigenvalue weighted by molar-refractivity contribution is -0.143. The van der Waals surface area contributed by atoms with Crippen LogP contribution < -0.4 is 10.6 Å². The number of ketones is 1. The second kappa shape index (κ2) is 11.6. The van der Waals surface area contributed by atoms with E-state index < -0.39 is 18.1 Å². The molecule has 8 heteroatoms. The third kappa shape index (κ3) is 5.74. The fraction of sp³-hybridized carbons (Fsp3) is 0.621. The van der Waals surface area contributed by atoms with Gasteiger partial charge in [0, 0.05) is 12.3 Å². The molecule has 4 rings (SSSR count). The molecule has 0 spiro atoms. The van der Waals surface area contributed by atoms with Gasteiger partial charge in [-0.1, -0.05) is 44.0 Å². The molecule has 1 aromatic rings. The van der Waals surface area contributed by atoms with Crippen molar-refractivity contribution in [1.29, 1.82) is 0 Å². The molecule has 6 atom stereocenters. The molecule has 2 heterocycles. The SMILES string of the molecule is CC#CCO[C@@H]1Cc2ccccc2[C@@H]1CC(=O)[C@H]1N2C(=O)[C@@H](NC(=O)[C@H](C)NC)CCS[C@H]2CC1(C)C. The van der Waals surface area contributed by atoms with E-state index in [1.54, 1.807) is 37.6 Å². The first-order valence-electron chi connectivity index (χ1n) is 13.2. The monoisotopic (exact) mass is 525 g/mol. The Kier molecular flexibility index (Phi) is 8.67. The van der Waals surface area contributed by atoms with E-state index in [9.17, 15) is 14.4 Å². The summed E-state index contributed by atoms with van der Waals surface area (Å²) in [5, 5.41) is 5.79. The number of amides is 2. The molecule has 1 aromatic carbocycles. The molecular weight excluding hydrogens is 486 g/mol. The van der Waals surface area contributed by atoms with Crippen LogP contribution in [0.1, 0.15) is 64.0 Å². The first-order valence-corrected chi connectivity index (χ1v) is 14.3. The Morgan fingerprint density at radius 3 is 2.78 bits per heavy atom. The van der Waals surface area contributed by atoms with E-state index in [4.69, 9.17) is 4.74 Å². The van der Waals surface area contributed by atoms with Crippen molar-refractivity contribution in [3.8, 4) is 11.8 Å². The molecule has 0 radical (unpaired) electrons. The highest BCUT2D eigenvalue weighted by Gasteiger charge is 2.54. The van der Waals surface area contributed by atoms with Crippen molar-refractivity contribution < 1.29 is 19.1 Å². The first kappa shape index (κ1) is 27.7. The molecule has 200 valence electrons. The van der Waals surface area contributed by atoms with Gasteiger partial charge in [-0.3, -0.25) is 14.4 Å². The van der Waals surface area contributed by atoms with E-state index in [2.05, 4.69) is 48.5 Å². The van der Waals surface area contributed by atoms with Crippen LogP contribution in [-0.4, -0.2) is 71.5 Å². The van der Waals surface area contributed by atoms with Gasteiger partial charge in [-0.25, -0.2) is 0 Å². The summed E-state index contributed by atoms with van der Waals surface area (Å²) in [5.41, 5.74) is 2.00. The van der Waals surface area contributed by atoms with Crippen LogP contribution in [0.4, 0.5) is 0 Å². The highest BCUT2D eigenvalue weighted by molar-refractivity contribution is 7.99. The number of likely N-dealkylation sites (N-methyl/N-ethyl adjacent to an activating group) is 1. The van der Waals surface area contributed by atoms with E-state index in [0.717, 1.165) is 24.2 Å².